The molecule has 1 aromatic rings. The quantitative estimate of drug-likeness (QED) is 0.902. The van der Waals surface area contributed by atoms with Crippen molar-refractivity contribution in [3.63, 3.8) is 0 Å². The number of aliphatic hydroxyl groups excluding tert-OH is 1. The van der Waals surface area contributed by atoms with Crippen molar-refractivity contribution in [2.45, 2.75) is 38.1 Å². The molecule has 1 saturated carbocycles. The van der Waals surface area contributed by atoms with E-state index in [1.54, 1.807) is 6.92 Å². The first-order chi connectivity index (χ1) is 8.43. The first kappa shape index (κ1) is 13.8. The second kappa shape index (κ2) is 5.14. The van der Waals surface area contributed by atoms with E-state index in [1.807, 2.05) is 0 Å². The summed E-state index contributed by atoms with van der Waals surface area (Å²) in [5.41, 5.74) is 0. The van der Waals surface area contributed by atoms with Gasteiger partial charge in [-0.05, 0) is 25.7 Å². The van der Waals surface area contributed by atoms with E-state index < -0.39 is 23.4 Å². The minimum absolute atomic E-state index is 0.215. The van der Waals surface area contributed by atoms with Crippen LogP contribution >= 0.6 is 11.3 Å². The van der Waals surface area contributed by atoms with Crippen LogP contribution in [0.4, 0.5) is 13.2 Å². The number of aliphatic hydroxyl groups is 1. The highest BCUT2D eigenvalue weighted by Gasteiger charge is 2.40. The molecule has 1 aromatic heterocycles. The van der Waals surface area contributed by atoms with Crippen LogP contribution < -0.4 is 0 Å². The molecule has 1 fully saturated rings. The Bertz CT molecular complexity index is 403. The predicted octanol–water partition coefficient (Wildman–Crippen LogP) is 3.01. The number of hydrogen-bond acceptors (Lipinski definition) is 4. The maximum atomic E-state index is 12.4. The normalized spacial score (nSPS) is 19.8. The van der Waals surface area contributed by atoms with E-state index in [9.17, 15) is 18.3 Å². The third kappa shape index (κ3) is 3.02. The van der Waals surface area contributed by atoms with Gasteiger partial charge in [-0.2, -0.15) is 13.2 Å². The number of thiazole rings is 1. The number of hydrogen-bond donors (Lipinski definition) is 1. The molecule has 0 spiro atoms. The SMILES string of the molecule is CCOC(C1CC1)C(O)c1cnc(C(F)(F)F)s1. The second-order valence-corrected chi connectivity index (χ2v) is 5.33. The monoisotopic (exact) mass is 281 g/mol. The van der Waals surface area contributed by atoms with E-state index >= 15 is 0 Å². The highest BCUT2D eigenvalue weighted by atomic mass is 32.1. The fourth-order valence-corrected chi connectivity index (χ4v) is 2.62. The Hall–Kier alpha value is -0.660. The molecule has 1 N–H and O–H groups in total. The summed E-state index contributed by atoms with van der Waals surface area (Å²) in [6.45, 7) is 2.24. The lowest BCUT2D eigenvalue weighted by Gasteiger charge is -2.21. The zero-order chi connectivity index (χ0) is 13.3. The van der Waals surface area contributed by atoms with Crippen LogP contribution in [0.25, 0.3) is 0 Å². The molecule has 0 radical (unpaired) electrons. The summed E-state index contributed by atoms with van der Waals surface area (Å²) in [5.74, 6) is 0.247. The van der Waals surface area contributed by atoms with Crippen LogP contribution in [0.2, 0.25) is 0 Å². The molecule has 2 unspecified atom stereocenters. The molecule has 0 bridgehead atoms. The van der Waals surface area contributed by atoms with Crippen LogP contribution in [-0.4, -0.2) is 22.8 Å². The number of nitrogens with zero attached hydrogens (tertiary/aromatic N) is 1. The summed E-state index contributed by atoms with van der Waals surface area (Å²) >= 11 is 0.481. The van der Waals surface area contributed by atoms with E-state index in [2.05, 4.69) is 4.98 Å². The predicted molar refractivity (Wildman–Crippen MR) is 60.2 cm³/mol. The molecule has 0 aliphatic heterocycles. The van der Waals surface area contributed by atoms with Gasteiger partial charge in [0.15, 0.2) is 5.01 Å². The van der Waals surface area contributed by atoms with E-state index in [0.717, 1.165) is 19.0 Å². The Morgan fingerprint density at radius 2 is 2.22 bits per heavy atom. The van der Waals surface area contributed by atoms with Gasteiger partial charge in [-0.15, -0.1) is 11.3 Å². The van der Waals surface area contributed by atoms with Crippen molar-refractivity contribution in [3.05, 3.63) is 16.1 Å². The first-order valence-electron chi connectivity index (χ1n) is 5.76. The van der Waals surface area contributed by atoms with Crippen molar-refractivity contribution in [1.82, 2.24) is 4.98 Å². The highest BCUT2D eigenvalue weighted by molar-refractivity contribution is 7.11. The van der Waals surface area contributed by atoms with Gasteiger partial charge in [-0.3, -0.25) is 0 Å². The van der Waals surface area contributed by atoms with Crippen LogP contribution in [0.5, 0.6) is 0 Å². The van der Waals surface area contributed by atoms with E-state index in [0.29, 0.717) is 17.9 Å². The Balaban J connectivity index is 2.11. The van der Waals surface area contributed by atoms with Gasteiger partial charge in [0.1, 0.15) is 6.10 Å². The van der Waals surface area contributed by atoms with Crippen LogP contribution in [0.15, 0.2) is 6.20 Å². The second-order valence-electron chi connectivity index (χ2n) is 4.27. The Kier molecular flexibility index (Phi) is 3.93. The lowest BCUT2D eigenvalue weighted by molar-refractivity contribution is -0.137. The lowest BCUT2D eigenvalue weighted by Crippen LogP contribution is -2.24. The molecule has 0 aromatic carbocycles. The molecule has 18 heavy (non-hydrogen) atoms. The van der Waals surface area contributed by atoms with Gasteiger partial charge in [0, 0.05) is 12.8 Å². The fraction of sp³-hybridized carbons (Fsp3) is 0.727. The Morgan fingerprint density at radius 3 is 2.67 bits per heavy atom. The topological polar surface area (TPSA) is 42.4 Å². The zero-order valence-corrected chi connectivity index (χ0v) is 10.6. The number of halogens is 3. The third-order valence-electron chi connectivity index (χ3n) is 2.81. The average Bonchev–Trinajstić information content (AvgIpc) is 2.99. The largest absolute Gasteiger partial charge is 0.443 e. The Morgan fingerprint density at radius 1 is 1.56 bits per heavy atom. The average molecular weight is 281 g/mol. The highest BCUT2D eigenvalue weighted by Crippen LogP contribution is 2.42. The van der Waals surface area contributed by atoms with E-state index in [4.69, 9.17) is 4.74 Å². The van der Waals surface area contributed by atoms with Gasteiger partial charge in [0.2, 0.25) is 0 Å². The summed E-state index contributed by atoms with van der Waals surface area (Å²) in [6.07, 6.45) is -2.91. The number of rotatable bonds is 5. The van der Waals surface area contributed by atoms with Gasteiger partial charge in [0.05, 0.1) is 11.0 Å². The van der Waals surface area contributed by atoms with Gasteiger partial charge in [0.25, 0.3) is 0 Å². The van der Waals surface area contributed by atoms with E-state index in [-0.39, 0.29) is 10.8 Å². The molecule has 1 aliphatic rings. The number of ether oxygens (including phenoxy) is 1. The molecular formula is C11H14F3NO2S. The van der Waals surface area contributed by atoms with Crippen molar-refractivity contribution in [1.29, 1.82) is 0 Å². The summed E-state index contributed by atoms with van der Waals surface area (Å²) in [4.78, 5) is 3.52. The maximum absolute atomic E-state index is 12.4. The molecule has 3 nitrogen and oxygen atoms in total. The summed E-state index contributed by atoms with van der Waals surface area (Å²) in [7, 11) is 0. The minimum atomic E-state index is -4.46. The van der Waals surface area contributed by atoms with Gasteiger partial charge in [-0.1, -0.05) is 0 Å². The van der Waals surface area contributed by atoms with Crippen LogP contribution in [0.1, 0.15) is 35.8 Å². The van der Waals surface area contributed by atoms with Gasteiger partial charge >= 0.3 is 6.18 Å². The van der Waals surface area contributed by atoms with Crippen LogP contribution in [0, 0.1) is 5.92 Å². The number of alkyl halides is 3. The molecular weight excluding hydrogens is 267 g/mol. The van der Waals surface area contributed by atoms with Crippen LogP contribution in [0.3, 0.4) is 0 Å². The zero-order valence-electron chi connectivity index (χ0n) is 9.78. The smallest absolute Gasteiger partial charge is 0.385 e. The van der Waals surface area contributed by atoms with Gasteiger partial charge < -0.3 is 9.84 Å². The standard InChI is InChI=1S/C11H14F3NO2S/c1-2-17-9(6-3-4-6)8(16)7-5-15-10(18-7)11(12,13)14/h5-6,8-9,16H,2-4H2,1H3. The van der Waals surface area contributed by atoms with Crippen molar-refractivity contribution < 1.29 is 23.0 Å². The minimum Gasteiger partial charge on any atom is -0.385 e. The Labute approximate surface area is 107 Å². The molecule has 7 heteroatoms. The lowest BCUT2D eigenvalue weighted by atomic mass is 10.1. The summed E-state index contributed by atoms with van der Waals surface area (Å²) in [6, 6.07) is 0. The van der Waals surface area contributed by atoms with Crippen molar-refractivity contribution in [3.8, 4) is 0 Å². The third-order valence-corrected chi connectivity index (χ3v) is 3.93. The molecule has 2 rings (SSSR count). The van der Waals surface area contributed by atoms with E-state index in [1.165, 1.54) is 0 Å². The molecule has 1 heterocycles. The van der Waals surface area contributed by atoms with Crippen molar-refractivity contribution in [2.24, 2.45) is 5.92 Å². The fourth-order valence-electron chi connectivity index (χ4n) is 1.82. The molecule has 0 amide bonds. The molecule has 1 aliphatic carbocycles. The van der Waals surface area contributed by atoms with Crippen molar-refractivity contribution in [2.75, 3.05) is 6.61 Å². The number of aromatic nitrogens is 1. The molecule has 0 saturated heterocycles. The molecule has 2 atom stereocenters. The maximum Gasteiger partial charge on any atom is 0.443 e. The molecule has 102 valence electrons. The first-order valence-corrected chi connectivity index (χ1v) is 6.57. The summed E-state index contributed by atoms with van der Waals surface area (Å²) in [5, 5.41) is 9.15. The van der Waals surface area contributed by atoms with Crippen LogP contribution in [-0.2, 0) is 10.9 Å². The van der Waals surface area contributed by atoms with Gasteiger partial charge in [-0.25, -0.2) is 4.98 Å². The van der Waals surface area contributed by atoms with Crippen molar-refractivity contribution >= 4 is 11.3 Å². The summed E-state index contributed by atoms with van der Waals surface area (Å²) < 4.78 is 42.7.